The van der Waals surface area contributed by atoms with E-state index in [1.165, 1.54) is 0 Å². The van der Waals surface area contributed by atoms with Crippen LogP contribution in [0.1, 0.15) is 10.4 Å². The molecule has 0 bridgehead atoms. The van der Waals surface area contributed by atoms with Crippen LogP contribution in [0.5, 0.6) is 5.75 Å². The van der Waals surface area contributed by atoms with E-state index >= 15 is 0 Å². The van der Waals surface area contributed by atoms with Crippen molar-refractivity contribution in [3.8, 4) is 16.9 Å². The van der Waals surface area contributed by atoms with Gasteiger partial charge in [-0.25, -0.2) is 4.98 Å². The first-order valence-corrected chi connectivity index (χ1v) is 10.7. The molecule has 3 aromatic heterocycles. The van der Waals surface area contributed by atoms with Crippen LogP contribution in [-0.4, -0.2) is 59.1 Å². The van der Waals surface area contributed by atoms with E-state index in [-0.39, 0.29) is 10.7 Å². The summed E-state index contributed by atoms with van der Waals surface area (Å²) in [5, 5.41) is 7.10. The van der Waals surface area contributed by atoms with Gasteiger partial charge in [-0.15, -0.1) is 0 Å². The number of fused-ring (bicyclic) bond motifs is 1. The smallest absolute Gasteiger partial charge is 0.300 e. The summed E-state index contributed by atoms with van der Waals surface area (Å²) in [6.07, 6.45) is 3.60. The topological polar surface area (TPSA) is 108 Å². The Morgan fingerprint density at radius 2 is 2.06 bits per heavy atom. The first-order valence-electron chi connectivity index (χ1n) is 10.3. The van der Waals surface area contributed by atoms with Gasteiger partial charge in [-0.1, -0.05) is 23.7 Å². The highest BCUT2D eigenvalue weighted by Gasteiger charge is 2.22. The van der Waals surface area contributed by atoms with Crippen molar-refractivity contribution in [1.29, 1.82) is 0 Å². The molecule has 4 aromatic rings. The van der Waals surface area contributed by atoms with Crippen molar-refractivity contribution in [3.63, 3.8) is 0 Å². The van der Waals surface area contributed by atoms with E-state index in [9.17, 15) is 4.79 Å². The third-order valence-corrected chi connectivity index (χ3v) is 5.62. The summed E-state index contributed by atoms with van der Waals surface area (Å²) in [5.41, 5.74) is 3.04. The maximum absolute atomic E-state index is 13.1. The largest absolute Gasteiger partial charge is 0.494 e. The van der Waals surface area contributed by atoms with Crippen molar-refractivity contribution in [3.05, 3.63) is 47.4 Å². The van der Waals surface area contributed by atoms with Crippen LogP contribution in [0.2, 0.25) is 5.15 Å². The maximum Gasteiger partial charge on any atom is 0.300 e. The monoisotopic (exact) mass is 468 g/mol. The second-order valence-electron chi connectivity index (χ2n) is 7.49. The van der Waals surface area contributed by atoms with Crippen molar-refractivity contribution in [2.45, 2.75) is 0 Å². The summed E-state index contributed by atoms with van der Waals surface area (Å²) < 4.78 is 18.5. The zero-order valence-corrected chi connectivity index (χ0v) is 18.8. The molecule has 0 radical (unpaired) electrons. The van der Waals surface area contributed by atoms with Crippen LogP contribution < -0.4 is 15.0 Å². The summed E-state index contributed by atoms with van der Waals surface area (Å²) in [6, 6.07) is 7.46. The number of anilines is 2. The van der Waals surface area contributed by atoms with Crippen LogP contribution >= 0.6 is 11.6 Å². The van der Waals surface area contributed by atoms with Crippen LogP contribution in [-0.2, 0) is 11.8 Å². The number of aryl methyl sites for hydroxylation is 1. The van der Waals surface area contributed by atoms with Gasteiger partial charge < -0.3 is 24.1 Å². The molecule has 1 fully saturated rings. The van der Waals surface area contributed by atoms with E-state index in [1.807, 2.05) is 30.3 Å². The number of hydrogen-bond acceptors (Lipinski definition) is 8. The van der Waals surface area contributed by atoms with E-state index < -0.39 is 5.91 Å². The van der Waals surface area contributed by atoms with Gasteiger partial charge in [0.2, 0.25) is 5.65 Å². The fourth-order valence-electron chi connectivity index (χ4n) is 3.71. The van der Waals surface area contributed by atoms with Gasteiger partial charge in [-0.05, 0) is 6.07 Å². The molecule has 1 amide bonds. The number of halogens is 1. The van der Waals surface area contributed by atoms with Crippen molar-refractivity contribution >= 4 is 40.4 Å². The molecular formula is C22H21ClN6O4. The zero-order chi connectivity index (χ0) is 22.9. The molecule has 1 aliphatic rings. The molecule has 0 aliphatic carbocycles. The first kappa shape index (κ1) is 21.2. The van der Waals surface area contributed by atoms with Gasteiger partial charge in [0.05, 0.1) is 37.8 Å². The summed E-state index contributed by atoms with van der Waals surface area (Å²) >= 11 is 6.33. The molecule has 0 spiro atoms. The molecule has 1 aromatic carbocycles. The lowest BCUT2D eigenvalue weighted by Gasteiger charge is -2.24. The number of amides is 1. The number of carbonyl (C=O) groups is 1. The number of para-hydroxylation sites is 1. The number of benzene rings is 1. The molecule has 1 aliphatic heterocycles. The minimum Gasteiger partial charge on any atom is -0.494 e. The molecule has 0 atom stereocenters. The van der Waals surface area contributed by atoms with Crippen molar-refractivity contribution in [2.24, 2.45) is 7.05 Å². The van der Waals surface area contributed by atoms with E-state index in [0.29, 0.717) is 55.0 Å². The first-order chi connectivity index (χ1) is 16.0. The molecule has 0 saturated carbocycles. The molecule has 10 nitrogen and oxygen atoms in total. The van der Waals surface area contributed by atoms with Crippen LogP contribution in [0.25, 0.3) is 22.4 Å². The van der Waals surface area contributed by atoms with Gasteiger partial charge in [-0.2, -0.15) is 10.1 Å². The van der Waals surface area contributed by atoms with Gasteiger partial charge in [0, 0.05) is 43.5 Å². The van der Waals surface area contributed by atoms with Crippen LogP contribution in [0.4, 0.5) is 11.7 Å². The molecule has 11 heteroatoms. The highest BCUT2D eigenvalue weighted by molar-refractivity contribution is 6.33. The number of aromatic nitrogens is 4. The molecule has 4 heterocycles. The lowest BCUT2D eigenvalue weighted by molar-refractivity contribution is 0.102. The summed E-state index contributed by atoms with van der Waals surface area (Å²) in [7, 11) is 3.38. The number of hydrogen-bond donors (Lipinski definition) is 1. The molecule has 170 valence electrons. The molecule has 33 heavy (non-hydrogen) atoms. The summed E-state index contributed by atoms with van der Waals surface area (Å²) in [5.74, 6) is 0.0682. The predicted octanol–water partition coefficient (Wildman–Crippen LogP) is 3.37. The summed E-state index contributed by atoms with van der Waals surface area (Å²) in [6.45, 7) is 2.53. The normalized spacial score (nSPS) is 14.0. The quantitative estimate of drug-likeness (QED) is 0.444. The van der Waals surface area contributed by atoms with Crippen molar-refractivity contribution < 1.29 is 18.7 Å². The van der Waals surface area contributed by atoms with Gasteiger partial charge >= 0.3 is 0 Å². The summed E-state index contributed by atoms with van der Waals surface area (Å²) in [4.78, 5) is 23.7. The molecule has 1 saturated heterocycles. The zero-order valence-electron chi connectivity index (χ0n) is 18.0. The highest BCUT2D eigenvalue weighted by Crippen LogP contribution is 2.36. The number of nitrogens with one attached hydrogen (secondary N) is 1. The Morgan fingerprint density at radius 3 is 2.79 bits per heavy atom. The van der Waals surface area contributed by atoms with Crippen molar-refractivity contribution in [2.75, 3.05) is 43.6 Å². The number of ether oxygens (including phenoxy) is 2. The number of morpholine rings is 1. The number of oxazole rings is 1. The van der Waals surface area contributed by atoms with Gasteiger partial charge in [0.15, 0.2) is 5.58 Å². The third-order valence-electron chi connectivity index (χ3n) is 5.33. The Hall–Kier alpha value is -3.63. The molecule has 5 rings (SSSR count). The van der Waals surface area contributed by atoms with Crippen molar-refractivity contribution in [1.82, 2.24) is 19.7 Å². The Kier molecular flexibility index (Phi) is 5.61. The van der Waals surface area contributed by atoms with E-state index in [0.717, 1.165) is 11.1 Å². The van der Waals surface area contributed by atoms with Gasteiger partial charge in [0.25, 0.3) is 11.9 Å². The SMILES string of the molecule is COc1c(NC(=O)c2cc3oc(N4CCOCC4)nc3nc2Cl)cccc1-c1cnn(C)c1. The number of methoxy groups -OCH3 is 1. The highest BCUT2D eigenvalue weighted by atomic mass is 35.5. The fraction of sp³-hybridized carbons (Fsp3) is 0.273. The Bertz CT molecular complexity index is 1330. The van der Waals surface area contributed by atoms with Gasteiger partial charge in [-0.3, -0.25) is 9.48 Å². The van der Waals surface area contributed by atoms with E-state index in [2.05, 4.69) is 20.4 Å². The van der Waals surface area contributed by atoms with Gasteiger partial charge in [0.1, 0.15) is 10.9 Å². The number of carbonyl (C=O) groups excluding carboxylic acids is 1. The maximum atomic E-state index is 13.1. The number of nitrogens with zero attached hydrogens (tertiary/aromatic N) is 5. The second kappa shape index (κ2) is 8.72. The van der Waals surface area contributed by atoms with Crippen LogP contribution in [0, 0.1) is 0 Å². The minimum atomic E-state index is -0.444. The lowest BCUT2D eigenvalue weighted by atomic mass is 10.1. The molecule has 0 unspecified atom stereocenters. The average Bonchev–Trinajstić information content (AvgIpc) is 3.44. The van der Waals surface area contributed by atoms with E-state index in [1.54, 1.807) is 30.1 Å². The number of rotatable bonds is 5. The number of pyridine rings is 1. The Morgan fingerprint density at radius 1 is 1.24 bits per heavy atom. The minimum absolute atomic E-state index is 0.0317. The average molecular weight is 469 g/mol. The van der Waals surface area contributed by atoms with Crippen LogP contribution in [0.3, 0.4) is 0 Å². The Balaban J connectivity index is 1.45. The van der Waals surface area contributed by atoms with E-state index in [4.69, 9.17) is 25.5 Å². The predicted molar refractivity (Wildman–Crippen MR) is 123 cm³/mol. The Labute approximate surface area is 194 Å². The molecular weight excluding hydrogens is 448 g/mol. The second-order valence-corrected chi connectivity index (χ2v) is 7.85. The fourth-order valence-corrected chi connectivity index (χ4v) is 3.93. The molecule has 1 N–H and O–H groups in total. The standard InChI is InChI=1S/C22H21ClN6O4/c1-28-12-13(11-24-28)14-4-3-5-16(18(14)31-2)25-21(30)15-10-17-20(26-19(15)23)27-22(33-17)29-6-8-32-9-7-29/h3-5,10-12H,6-9H2,1-2H3,(H,25,30). The van der Waals surface area contributed by atoms with Crippen LogP contribution in [0.15, 0.2) is 41.1 Å². The third kappa shape index (κ3) is 4.10. The lowest BCUT2D eigenvalue weighted by Crippen LogP contribution is -2.36.